The summed E-state index contributed by atoms with van der Waals surface area (Å²) < 4.78 is 52.4. The number of nitrogens with zero attached hydrogens (tertiary/aromatic N) is 1. The van der Waals surface area contributed by atoms with Crippen LogP contribution in [-0.2, 0) is 6.18 Å². The van der Waals surface area contributed by atoms with E-state index in [9.17, 15) is 17.6 Å². The summed E-state index contributed by atoms with van der Waals surface area (Å²) in [6.45, 7) is 1.65. The third-order valence-electron chi connectivity index (χ3n) is 3.20. The van der Waals surface area contributed by atoms with E-state index in [2.05, 4.69) is 4.98 Å². The van der Waals surface area contributed by atoms with Gasteiger partial charge in [-0.1, -0.05) is 0 Å². The van der Waals surface area contributed by atoms with Crippen molar-refractivity contribution in [2.24, 2.45) is 5.73 Å². The maximum atomic E-state index is 13.3. The van der Waals surface area contributed by atoms with Crippen LogP contribution in [0.4, 0.5) is 23.4 Å². The Morgan fingerprint density at radius 1 is 1.19 bits per heavy atom. The third-order valence-corrected chi connectivity index (χ3v) is 3.20. The molecule has 0 radical (unpaired) electrons. The minimum absolute atomic E-state index is 0.0277. The van der Waals surface area contributed by atoms with E-state index in [1.807, 2.05) is 0 Å². The van der Waals surface area contributed by atoms with Crippen LogP contribution in [0.3, 0.4) is 0 Å². The molecule has 1 aromatic heterocycles. The molecule has 1 unspecified atom stereocenters. The number of pyridine rings is 1. The van der Waals surface area contributed by atoms with E-state index >= 15 is 0 Å². The fraction of sp³-hybridized carbons (Fsp3) is 0.214. The van der Waals surface area contributed by atoms with Crippen LogP contribution in [-0.4, -0.2) is 4.98 Å². The molecular weight excluding hydrogens is 286 g/mol. The number of aromatic nitrogens is 1. The van der Waals surface area contributed by atoms with Gasteiger partial charge in [0.05, 0.1) is 11.6 Å². The van der Waals surface area contributed by atoms with Crippen molar-refractivity contribution in [1.29, 1.82) is 0 Å². The largest absolute Gasteiger partial charge is 0.416 e. The quantitative estimate of drug-likeness (QED) is 0.837. The van der Waals surface area contributed by atoms with E-state index in [-0.39, 0.29) is 16.9 Å². The number of halogens is 4. The first-order valence-corrected chi connectivity index (χ1v) is 6.05. The molecular formula is C14H13F4N3. The van der Waals surface area contributed by atoms with Gasteiger partial charge < -0.3 is 11.5 Å². The van der Waals surface area contributed by atoms with Crippen molar-refractivity contribution in [1.82, 2.24) is 4.98 Å². The average Bonchev–Trinajstić information content (AvgIpc) is 2.36. The fourth-order valence-electron chi connectivity index (χ4n) is 2.20. The van der Waals surface area contributed by atoms with Crippen molar-refractivity contribution in [3.05, 3.63) is 58.5 Å². The Morgan fingerprint density at radius 2 is 1.86 bits per heavy atom. The first-order valence-electron chi connectivity index (χ1n) is 6.05. The van der Waals surface area contributed by atoms with Crippen molar-refractivity contribution in [2.45, 2.75) is 19.1 Å². The lowest BCUT2D eigenvalue weighted by Crippen LogP contribution is -2.21. The molecule has 2 rings (SSSR count). The molecule has 4 N–H and O–H groups in total. The molecule has 7 heteroatoms. The molecule has 0 aliphatic heterocycles. The summed E-state index contributed by atoms with van der Waals surface area (Å²) in [4.78, 5) is 3.82. The van der Waals surface area contributed by atoms with Gasteiger partial charge in [-0.15, -0.1) is 0 Å². The number of aryl methyl sites for hydroxylation is 1. The van der Waals surface area contributed by atoms with E-state index in [1.54, 1.807) is 13.0 Å². The summed E-state index contributed by atoms with van der Waals surface area (Å²) in [5.74, 6) is -0.770. The summed E-state index contributed by atoms with van der Waals surface area (Å²) in [7, 11) is 0. The first-order chi connectivity index (χ1) is 9.71. The van der Waals surface area contributed by atoms with Gasteiger partial charge in [0.15, 0.2) is 0 Å². The minimum Gasteiger partial charge on any atom is -0.383 e. The third kappa shape index (κ3) is 2.97. The first kappa shape index (κ1) is 15.2. The van der Waals surface area contributed by atoms with Gasteiger partial charge in [0, 0.05) is 11.8 Å². The number of benzene rings is 1. The molecule has 0 saturated carbocycles. The summed E-state index contributed by atoms with van der Waals surface area (Å²) >= 11 is 0. The SMILES string of the molecule is Cc1ccnc(N)c1C(N)c1cc(F)ccc1C(F)(F)F. The highest BCUT2D eigenvalue weighted by Gasteiger charge is 2.35. The van der Waals surface area contributed by atoms with Gasteiger partial charge in [-0.3, -0.25) is 0 Å². The van der Waals surface area contributed by atoms with Crippen LogP contribution in [0.15, 0.2) is 30.5 Å². The molecule has 2 aromatic rings. The van der Waals surface area contributed by atoms with Gasteiger partial charge >= 0.3 is 6.18 Å². The molecule has 112 valence electrons. The number of alkyl halides is 3. The van der Waals surface area contributed by atoms with Crippen LogP contribution in [0, 0.1) is 12.7 Å². The molecule has 0 saturated heterocycles. The summed E-state index contributed by atoms with van der Waals surface area (Å²) in [6.07, 6.45) is -3.21. The highest BCUT2D eigenvalue weighted by Crippen LogP contribution is 2.37. The smallest absolute Gasteiger partial charge is 0.383 e. The van der Waals surface area contributed by atoms with Crippen molar-refractivity contribution in [2.75, 3.05) is 5.73 Å². The Balaban J connectivity index is 2.63. The molecule has 0 fully saturated rings. The molecule has 0 aliphatic carbocycles. The van der Waals surface area contributed by atoms with Gasteiger partial charge in [-0.25, -0.2) is 9.37 Å². The van der Waals surface area contributed by atoms with Crippen molar-refractivity contribution >= 4 is 5.82 Å². The molecule has 0 aliphatic rings. The lowest BCUT2D eigenvalue weighted by Gasteiger charge is -2.21. The van der Waals surface area contributed by atoms with Crippen molar-refractivity contribution in [3.63, 3.8) is 0 Å². The fourth-order valence-corrected chi connectivity index (χ4v) is 2.20. The zero-order chi connectivity index (χ0) is 15.8. The molecule has 0 bridgehead atoms. The second-order valence-electron chi connectivity index (χ2n) is 4.63. The van der Waals surface area contributed by atoms with E-state index < -0.39 is 23.6 Å². The predicted molar refractivity (Wildman–Crippen MR) is 70.8 cm³/mol. The van der Waals surface area contributed by atoms with Crippen molar-refractivity contribution in [3.8, 4) is 0 Å². The molecule has 21 heavy (non-hydrogen) atoms. The van der Waals surface area contributed by atoms with Crippen LogP contribution in [0.5, 0.6) is 0 Å². The Hall–Kier alpha value is -2.15. The molecule has 1 aromatic carbocycles. The number of hydrogen-bond acceptors (Lipinski definition) is 3. The molecule has 0 amide bonds. The van der Waals surface area contributed by atoms with Gasteiger partial charge in [0.25, 0.3) is 0 Å². The van der Waals surface area contributed by atoms with E-state index in [4.69, 9.17) is 11.5 Å². The van der Waals surface area contributed by atoms with Crippen molar-refractivity contribution < 1.29 is 17.6 Å². The molecule has 3 nitrogen and oxygen atoms in total. The van der Waals surface area contributed by atoms with Gasteiger partial charge in [0.1, 0.15) is 11.6 Å². The summed E-state index contributed by atoms with van der Waals surface area (Å²) in [5, 5.41) is 0. The summed E-state index contributed by atoms with van der Waals surface area (Å²) in [6, 6.07) is 2.56. The minimum atomic E-state index is -4.63. The topological polar surface area (TPSA) is 64.9 Å². The number of rotatable bonds is 2. The van der Waals surface area contributed by atoms with Gasteiger partial charge in [0.2, 0.25) is 0 Å². The van der Waals surface area contributed by atoms with E-state index in [1.165, 1.54) is 6.20 Å². The second-order valence-corrected chi connectivity index (χ2v) is 4.63. The summed E-state index contributed by atoms with van der Waals surface area (Å²) in [5.41, 5.74) is 11.1. The van der Waals surface area contributed by atoms with Gasteiger partial charge in [-0.05, 0) is 42.3 Å². The van der Waals surface area contributed by atoms with Crippen LogP contribution in [0.25, 0.3) is 0 Å². The second kappa shape index (κ2) is 5.33. The zero-order valence-corrected chi connectivity index (χ0v) is 11.1. The highest BCUT2D eigenvalue weighted by atomic mass is 19.4. The van der Waals surface area contributed by atoms with Gasteiger partial charge in [-0.2, -0.15) is 13.2 Å². The standard InChI is InChI=1S/C14H13F4N3/c1-7-4-5-21-13(20)11(7)12(19)9-6-8(15)2-3-10(9)14(16,17)18/h2-6,12H,19H2,1H3,(H2,20,21). The van der Waals surface area contributed by atoms with Crippen LogP contribution in [0.1, 0.15) is 28.3 Å². The molecule has 1 atom stereocenters. The normalized spacial score (nSPS) is 13.2. The monoisotopic (exact) mass is 299 g/mol. The Kier molecular flexibility index (Phi) is 3.87. The Morgan fingerprint density at radius 3 is 2.43 bits per heavy atom. The van der Waals surface area contributed by atoms with E-state index in [0.717, 1.165) is 12.1 Å². The maximum absolute atomic E-state index is 13.3. The maximum Gasteiger partial charge on any atom is 0.416 e. The van der Waals surface area contributed by atoms with Crippen LogP contribution >= 0.6 is 0 Å². The van der Waals surface area contributed by atoms with Crippen LogP contribution < -0.4 is 11.5 Å². The number of nitrogen functional groups attached to an aromatic ring is 1. The Bertz CT molecular complexity index is 648. The number of hydrogen-bond donors (Lipinski definition) is 2. The van der Waals surface area contributed by atoms with E-state index in [0.29, 0.717) is 11.6 Å². The predicted octanol–water partition coefficient (Wildman–Crippen LogP) is 3.18. The highest BCUT2D eigenvalue weighted by molar-refractivity contribution is 5.51. The average molecular weight is 299 g/mol. The lowest BCUT2D eigenvalue weighted by molar-refractivity contribution is -0.138. The van der Waals surface area contributed by atoms with Crippen LogP contribution in [0.2, 0.25) is 0 Å². The lowest BCUT2D eigenvalue weighted by atomic mass is 9.92. The zero-order valence-electron chi connectivity index (χ0n) is 11.1. The molecule has 0 spiro atoms. The molecule has 1 heterocycles. The number of nitrogens with two attached hydrogens (primary N) is 2. The Labute approximate surface area is 118 Å². The number of anilines is 1.